The van der Waals surface area contributed by atoms with E-state index in [9.17, 15) is 0 Å². The Bertz CT molecular complexity index is 91.0. The SMILES string of the molecule is CCCC(CC=CO)CCC. The molecule has 0 aromatic carbocycles. The number of aliphatic hydroxyl groups is 1. The molecule has 0 aliphatic rings. The van der Waals surface area contributed by atoms with Crippen LogP contribution in [0.2, 0.25) is 0 Å². The normalized spacial score (nSPS) is 11.5. The summed E-state index contributed by atoms with van der Waals surface area (Å²) in [5.41, 5.74) is 0. The van der Waals surface area contributed by atoms with Crippen molar-refractivity contribution in [3.63, 3.8) is 0 Å². The molecule has 0 unspecified atom stereocenters. The van der Waals surface area contributed by atoms with Crippen molar-refractivity contribution >= 4 is 0 Å². The molecule has 0 aromatic heterocycles. The highest BCUT2D eigenvalue weighted by Crippen LogP contribution is 2.17. The minimum absolute atomic E-state index is 0.786. The zero-order chi connectivity index (χ0) is 8.53. The lowest BCUT2D eigenvalue weighted by Gasteiger charge is -2.11. The summed E-state index contributed by atoms with van der Waals surface area (Å²) in [7, 11) is 0. The monoisotopic (exact) mass is 156 g/mol. The van der Waals surface area contributed by atoms with Crippen LogP contribution in [-0.2, 0) is 0 Å². The molecule has 1 nitrogen and oxygen atoms in total. The molecule has 1 N–H and O–H groups in total. The van der Waals surface area contributed by atoms with Gasteiger partial charge in [0.15, 0.2) is 0 Å². The van der Waals surface area contributed by atoms with Crippen LogP contribution >= 0.6 is 0 Å². The highest BCUT2D eigenvalue weighted by molar-refractivity contribution is 4.76. The van der Waals surface area contributed by atoms with Gasteiger partial charge >= 0.3 is 0 Å². The van der Waals surface area contributed by atoms with Crippen LogP contribution < -0.4 is 0 Å². The first-order valence-electron chi connectivity index (χ1n) is 4.64. The van der Waals surface area contributed by atoms with E-state index in [4.69, 9.17) is 5.11 Å². The van der Waals surface area contributed by atoms with Crippen LogP contribution in [0.1, 0.15) is 46.0 Å². The second kappa shape index (κ2) is 7.64. The lowest BCUT2D eigenvalue weighted by molar-refractivity contribution is 0.430. The van der Waals surface area contributed by atoms with E-state index in [1.165, 1.54) is 31.9 Å². The molecular formula is C10H20O. The Morgan fingerprint density at radius 3 is 2.09 bits per heavy atom. The number of hydrogen-bond acceptors (Lipinski definition) is 1. The van der Waals surface area contributed by atoms with Crippen LogP contribution in [0.5, 0.6) is 0 Å². The second-order valence-corrected chi connectivity index (χ2v) is 3.06. The fourth-order valence-corrected chi connectivity index (χ4v) is 1.45. The molecule has 0 aliphatic heterocycles. The van der Waals surface area contributed by atoms with E-state index >= 15 is 0 Å². The van der Waals surface area contributed by atoms with Gasteiger partial charge in [-0.05, 0) is 18.4 Å². The van der Waals surface area contributed by atoms with Gasteiger partial charge in [-0.1, -0.05) is 39.5 Å². The van der Waals surface area contributed by atoms with E-state index in [-0.39, 0.29) is 0 Å². The molecule has 11 heavy (non-hydrogen) atoms. The fourth-order valence-electron chi connectivity index (χ4n) is 1.45. The van der Waals surface area contributed by atoms with Gasteiger partial charge in [-0.25, -0.2) is 0 Å². The van der Waals surface area contributed by atoms with Gasteiger partial charge in [-0.3, -0.25) is 0 Å². The summed E-state index contributed by atoms with van der Waals surface area (Å²) in [5.74, 6) is 0.786. The molecular weight excluding hydrogens is 136 g/mol. The number of aliphatic hydroxyl groups excluding tert-OH is 1. The predicted molar refractivity (Wildman–Crippen MR) is 49.7 cm³/mol. The molecule has 0 amide bonds. The number of rotatable bonds is 6. The Hall–Kier alpha value is -0.460. The molecule has 0 rings (SSSR count). The second-order valence-electron chi connectivity index (χ2n) is 3.06. The van der Waals surface area contributed by atoms with E-state index in [0.717, 1.165) is 12.3 Å². The summed E-state index contributed by atoms with van der Waals surface area (Å²) >= 11 is 0. The molecule has 66 valence electrons. The van der Waals surface area contributed by atoms with Crippen LogP contribution in [0.25, 0.3) is 0 Å². The third-order valence-corrected chi connectivity index (χ3v) is 1.97. The van der Waals surface area contributed by atoms with Gasteiger partial charge in [0.2, 0.25) is 0 Å². The molecule has 0 heterocycles. The van der Waals surface area contributed by atoms with E-state index in [0.29, 0.717) is 0 Å². The van der Waals surface area contributed by atoms with Crippen molar-refractivity contribution in [2.24, 2.45) is 5.92 Å². The van der Waals surface area contributed by atoms with Crippen LogP contribution in [0, 0.1) is 5.92 Å². The lowest BCUT2D eigenvalue weighted by Crippen LogP contribution is -1.97. The Morgan fingerprint density at radius 2 is 1.73 bits per heavy atom. The third kappa shape index (κ3) is 5.96. The van der Waals surface area contributed by atoms with E-state index in [1.807, 2.05) is 6.08 Å². The quantitative estimate of drug-likeness (QED) is 0.582. The molecule has 1 heteroatoms. The minimum Gasteiger partial charge on any atom is -0.516 e. The first kappa shape index (κ1) is 10.5. The predicted octanol–water partition coefficient (Wildman–Crippen LogP) is 3.66. The lowest BCUT2D eigenvalue weighted by atomic mass is 9.95. The maximum absolute atomic E-state index is 8.47. The van der Waals surface area contributed by atoms with Gasteiger partial charge in [-0.2, -0.15) is 0 Å². The summed E-state index contributed by atoms with van der Waals surface area (Å²) in [6, 6.07) is 0. The van der Waals surface area contributed by atoms with Crippen molar-refractivity contribution in [3.8, 4) is 0 Å². The summed E-state index contributed by atoms with van der Waals surface area (Å²) in [6.07, 6.45) is 9.15. The summed E-state index contributed by atoms with van der Waals surface area (Å²) in [6.45, 7) is 4.43. The van der Waals surface area contributed by atoms with Gasteiger partial charge in [0.25, 0.3) is 0 Å². The molecule has 0 atom stereocenters. The average Bonchev–Trinajstić information content (AvgIpc) is 2.01. The first-order chi connectivity index (χ1) is 5.35. The maximum Gasteiger partial charge on any atom is 0.0751 e. The van der Waals surface area contributed by atoms with Gasteiger partial charge < -0.3 is 5.11 Å². The summed E-state index contributed by atoms with van der Waals surface area (Å²) in [4.78, 5) is 0. The van der Waals surface area contributed by atoms with Crippen molar-refractivity contribution in [3.05, 3.63) is 12.3 Å². The Labute approximate surface area is 70.1 Å². The maximum atomic E-state index is 8.47. The van der Waals surface area contributed by atoms with Crippen molar-refractivity contribution in [1.29, 1.82) is 0 Å². The molecule has 0 saturated heterocycles. The Balaban J connectivity index is 3.50. The van der Waals surface area contributed by atoms with E-state index < -0.39 is 0 Å². The molecule has 0 fully saturated rings. The number of hydrogen-bond donors (Lipinski definition) is 1. The molecule has 0 spiro atoms. The standard InChI is InChI=1S/C10H20O/c1-3-6-10(7-4-2)8-5-9-11/h5,9-11H,3-4,6-8H2,1-2H3. The minimum atomic E-state index is 0.786. The smallest absolute Gasteiger partial charge is 0.0751 e. The van der Waals surface area contributed by atoms with Crippen LogP contribution in [0.15, 0.2) is 12.3 Å². The zero-order valence-electron chi connectivity index (χ0n) is 7.71. The van der Waals surface area contributed by atoms with Gasteiger partial charge in [0.1, 0.15) is 0 Å². The largest absolute Gasteiger partial charge is 0.516 e. The van der Waals surface area contributed by atoms with Crippen molar-refractivity contribution in [1.82, 2.24) is 0 Å². The van der Waals surface area contributed by atoms with Crippen molar-refractivity contribution < 1.29 is 5.11 Å². The molecule has 0 radical (unpaired) electrons. The van der Waals surface area contributed by atoms with Gasteiger partial charge in [0.05, 0.1) is 6.26 Å². The highest BCUT2D eigenvalue weighted by atomic mass is 16.2. The van der Waals surface area contributed by atoms with Gasteiger partial charge in [0, 0.05) is 0 Å². The average molecular weight is 156 g/mol. The van der Waals surface area contributed by atoms with Gasteiger partial charge in [-0.15, -0.1) is 0 Å². The van der Waals surface area contributed by atoms with Crippen molar-refractivity contribution in [2.45, 2.75) is 46.0 Å². The Kier molecular flexibility index (Phi) is 7.33. The van der Waals surface area contributed by atoms with Crippen molar-refractivity contribution in [2.75, 3.05) is 0 Å². The van der Waals surface area contributed by atoms with E-state index in [1.54, 1.807) is 0 Å². The molecule has 0 saturated carbocycles. The number of allylic oxidation sites excluding steroid dienone is 1. The molecule has 0 bridgehead atoms. The summed E-state index contributed by atoms with van der Waals surface area (Å²) in [5, 5.41) is 8.47. The summed E-state index contributed by atoms with van der Waals surface area (Å²) < 4.78 is 0. The fraction of sp³-hybridized carbons (Fsp3) is 0.800. The Morgan fingerprint density at radius 1 is 1.18 bits per heavy atom. The zero-order valence-corrected chi connectivity index (χ0v) is 7.71. The van der Waals surface area contributed by atoms with Crippen LogP contribution in [0.4, 0.5) is 0 Å². The molecule has 0 aliphatic carbocycles. The molecule has 0 aromatic rings. The van der Waals surface area contributed by atoms with Crippen LogP contribution in [0.3, 0.4) is 0 Å². The first-order valence-corrected chi connectivity index (χ1v) is 4.64. The highest BCUT2D eigenvalue weighted by Gasteiger charge is 2.03. The topological polar surface area (TPSA) is 20.2 Å². The van der Waals surface area contributed by atoms with E-state index in [2.05, 4.69) is 13.8 Å². The van der Waals surface area contributed by atoms with Crippen LogP contribution in [-0.4, -0.2) is 5.11 Å². The third-order valence-electron chi connectivity index (χ3n) is 1.97.